The Morgan fingerprint density at radius 3 is 2.80 bits per heavy atom. The van der Waals surface area contributed by atoms with Crippen molar-refractivity contribution in [1.29, 1.82) is 0 Å². The van der Waals surface area contributed by atoms with Crippen molar-refractivity contribution in [1.82, 2.24) is 10.3 Å². The van der Waals surface area contributed by atoms with Crippen LogP contribution in [0.2, 0.25) is 0 Å². The minimum Gasteiger partial charge on any atom is -0.357 e. The van der Waals surface area contributed by atoms with Crippen LogP contribution in [-0.2, 0) is 0 Å². The van der Waals surface area contributed by atoms with Crippen LogP contribution in [0, 0.1) is 5.92 Å². The molecule has 0 aromatic carbocycles. The third-order valence-electron chi connectivity index (χ3n) is 3.08. The quantitative estimate of drug-likeness (QED) is 0.811. The zero-order chi connectivity index (χ0) is 10.5. The van der Waals surface area contributed by atoms with E-state index in [1.807, 2.05) is 19.3 Å². The summed E-state index contributed by atoms with van der Waals surface area (Å²) in [4.78, 5) is 6.76. The Morgan fingerprint density at radius 2 is 2.20 bits per heavy atom. The summed E-state index contributed by atoms with van der Waals surface area (Å²) in [6, 6.07) is 6.12. The van der Waals surface area contributed by atoms with Crippen LogP contribution >= 0.6 is 0 Å². The summed E-state index contributed by atoms with van der Waals surface area (Å²) in [6.45, 7) is 3.43. The van der Waals surface area contributed by atoms with E-state index >= 15 is 0 Å². The molecule has 0 bridgehead atoms. The summed E-state index contributed by atoms with van der Waals surface area (Å²) in [5.41, 5.74) is 0. The molecule has 15 heavy (non-hydrogen) atoms. The maximum Gasteiger partial charge on any atom is 0.128 e. The Kier molecular flexibility index (Phi) is 3.56. The number of nitrogens with zero attached hydrogens (tertiary/aromatic N) is 2. The number of rotatable bonds is 3. The number of nitrogens with one attached hydrogen (secondary N) is 1. The maximum atomic E-state index is 4.38. The van der Waals surface area contributed by atoms with Crippen molar-refractivity contribution in [3.8, 4) is 0 Å². The van der Waals surface area contributed by atoms with Crippen molar-refractivity contribution in [3.05, 3.63) is 24.4 Å². The normalized spacial score (nSPS) is 18.1. The Balaban J connectivity index is 1.88. The highest BCUT2D eigenvalue weighted by Crippen LogP contribution is 2.20. The lowest BCUT2D eigenvalue weighted by molar-refractivity contribution is 0.392. The lowest BCUT2D eigenvalue weighted by Gasteiger charge is -2.32. The Bertz CT molecular complexity index is 278. The van der Waals surface area contributed by atoms with Crippen LogP contribution in [0.4, 0.5) is 5.82 Å². The van der Waals surface area contributed by atoms with Gasteiger partial charge in [-0.05, 0) is 44.5 Å². The van der Waals surface area contributed by atoms with Crippen LogP contribution in [0.3, 0.4) is 0 Å². The second-order valence-electron chi connectivity index (χ2n) is 4.18. The summed E-state index contributed by atoms with van der Waals surface area (Å²) in [7, 11) is 2.03. The third-order valence-corrected chi connectivity index (χ3v) is 3.08. The minimum atomic E-state index is 0.843. The van der Waals surface area contributed by atoms with Gasteiger partial charge in [0.1, 0.15) is 5.82 Å². The van der Waals surface area contributed by atoms with Gasteiger partial charge >= 0.3 is 0 Å². The van der Waals surface area contributed by atoms with Crippen molar-refractivity contribution in [2.24, 2.45) is 5.92 Å². The van der Waals surface area contributed by atoms with E-state index in [4.69, 9.17) is 0 Å². The van der Waals surface area contributed by atoms with Gasteiger partial charge in [0.2, 0.25) is 0 Å². The van der Waals surface area contributed by atoms with Gasteiger partial charge in [-0.1, -0.05) is 6.07 Å². The van der Waals surface area contributed by atoms with Gasteiger partial charge in [-0.25, -0.2) is 4.98 Å². The summed E-state index contributed by atoms with van der Waals surface area (Å²) in [5, 5.41) is 3.26. The average molecular weight is 205 g/mol. The van der Waals surface area contributed by atoms with Crippen LogP contribution in [-0.4, -0.2) is 31.7 Å². The molecule has 0 radical (unpaired) electrons. The topological polar surface area (TPSA) is 28.2 Å². The molecule has 82 valence electrons. The predicted molar refractivity (Wildman–Crippen MR) is 63.1 cm³/mol. The SMILES string of the molecule is CNCC1CCN(c2ccccn2)CC1. The van der Waals surface area contributed by atoms with Crippen LogP contribution < -0.4 is 10.2 Å². The van der Waals surface area contributed by atoms with Crippen LogP contribution in [0.1, 0.15) is 12.8 Å². The fourth-order valence-corrected chi connectivity index (χ4v) is 2.20. The maximum absolute atomic E-state index is 4.38. The smallest absolute Gasteiger partial charge is 0.128 e. The molecule has 2 rings (SSSR count). The number of hydrogen-bond donors (Lipinski definition) is 1. The third kappa shape index (κ3) is 2.69. The van der Waals surface area contributed by atoms with E-state index in [9.17, 15) is 0 Å². The monoisotopic (exact) mass is 205 g/mol. The zero-order valence-corrected chi connectivity index (χ0v) is 9.32. The fraction of sp³-hybridized carbons (Fsp3) is 0.583. The Morgan fingerprint density at radius 1 is 1.40 bits per heavy atom. The number of piperidine rings is 1. The highest BCUT2D eigenvalue weighted by atomic mass is 15.2. The average Bonchev–Trinajstić information content (AvgIpc) is 2.32. The summed E-state index contributed by atoms with van der Waals surface area (Å²) in [5.74, 6) is 1.97. The molecule has 3 heteroatoms. The molecular weight excluding hydrogens is 186 g/mol. The largest absolute Gasteiger partial charge is 0.357 e. The number of pyridine rings is 1. The van der Waals surface area contributed by atoms with Gasteiger partial charge < -0.3 is 10.2 Å². The van der Waals surface area contributed by atoms with Gasteiger partial charge in [-0.3, -0.25) is 0 Å². The van der Waals surface area contributed by atoms with Gasteiger partial charge in [-0.15, -0.1) is 0 Å². The molecule has 0 unspecified atom stereocenters. The first-order chi connectivity index (χ1) is 7.40. The molecule has 1 aliphatic heterocycles. The van der Waals surface area contributed by atoms with E-state index in [0.717, 1.165) is 31.4 Å². The van der Waals surface area contributed by atoms with E-state index in [-0.39, 0.29) is 0 Å². The highest BCUT2D eigenvalue weighted by molar-refractivity contribution is 5.37. The molecule has 2 heterocycles. The van der Waals surface area contributed by atoms with Gasteiger partial charge in [0, 0.05) is 19.3 Å². The molecule has 1 N–H and O–H groups in total. The van der Waals surface area contributed by atoms with Crippen LogP contribution in [0.5, 0.6) is 0 Å². The predicted octanol–water partition coefficient (Wildman–Crippen LogP) is 1.52. The molecule has 1 saturated heterocycles. The number of hydrogen-bond acceptors (Lipinski definition) is 3. The molecule has 0 spiro atoms. The molecule has 3 nitrogen and oxygen atoms in total. The lowest BCUT2D eigenvalue weighted by Crippen LogP contribution is -2.37. The molecule has 1 fully saturated rings. The first-order valence-corrected chi connectivity index (χ1v) is 5.70. The molecule has 0 amide bonds. The summed E-state index contributed by atoms with van der Waals surface area (Å²) in [6.07, 6.45) is 4.42. The van der Waals surface area contributed by atoms with Gasteiger partial charge in [0.25, 0.3) is 0 Å². The van der Waals surface area contributed by atoms with Crippen molar-refractivity contribution in [2.45, 2.75) is 12.8 Å². The van der Waals surface area contributed by atoms with Gasteiger partial charge in [-0.2, -0.15) is 0 Å². The second kappa shape index (κ2) is 5.12. The number of anilines is 1. The zero-order valence-electron chi connectivity index (χ0n) is 9.32. The van der Waals surface area contributed by atoms with Gasteiger partial charge in [0.05, 0.1) is 0 Å². The van der Waals surface area contributed by atoms with Crippen molar-refractivity contribution < 1.29 is 0 Å². The number of aromatic nitrogens is 1. The second-order valence-corrected chi connectivity index (χ2v) is 4.18. The Labute approximate surface area is 91.5 Å². The van der Waals surface area contributed by atoms with Crippen LogP contribution in [0.15, 0.2) is 24.4 Å². The molecule has 0 atom stereocenters. The van der Waals surface area contributed by atoms with E-state index in [1.165, 1.54) is 12.8 Å². The summed E-state index contributed by atoms with van der Waals surface area (Å²) < 4.78 is 0. The molecule has 0 saturated carbocycles. The van der Waals surface area contributed by atoms with E-state index in [1.54, 1.807) is 0 Å². The van der Waals surface area contributed by atoms with E-state index in [2.05, 4.69) is 27.3 Å². The van der Waals surface area contributed by atoms with Crippen LogP contribution in [0.25, 0.3) is 0 Å². The highest BCUT2D eigenvalue weighted by Gasteiger charge is 2.18. The van der Waals surface area contributed by atoms with Crippen molar-refractivity contribution in [3.63, 3.8) is 0 Å². The van der Waals surface area contributed by atoms with E-state index in [0.29, 0.717) is 0 Å². The lowest BCUT2D eigenvalue weighted by atomic mass is 9.97. The standard InChI is InChI=1S/C12H19N3/c1-13-10-11-5-8-15(9-6-11)12-4-2-3-7-14-12/h2-4,7,11,13H,5-6,8-10H2,1H3. The van der Waals surface area contributed by atoms with E-state index < -0.39 is 0 Å². The molecular formula is C12H19N3. The first kappa shape index (κ1) is 10.4. The molecule has 1 aromatic heterocycles. The summed E-state index contributed by atoms with van der Waals surface area (Å²) >= 11 is 0. The van der Waals surface area contributed by atoms with Crippen molar-refractivity contribution in [2.75, 3.05) is 31.6 Å². The molecule has 1 aromatic rings. The fourth-order valence-electron chi connectivity index (χ4n) is 2.20. The van der Waals surface area contributed by atoms with Gasteiger partial charge in [0.15, 0.2) is 0 Å². The van der Waals surface area contributed by atoms with Crippen molar-refractivity contribution >= 4 is 5.82 Å². The minimum absolute atomic E-state index is 0.843. The first-order valence-electron chi connectivity index (χ1n) is 5.70. The molecule has 0 aliphatic carbocycles. The molecule has 1 aliphatic rings. The Hall–Kier alpha value is -1.09.